The summed E-state index contributed by atoms with van der Waals surface area (Å²) >= 11 is 0. The number of amides is 1. The van der Waals surface area contributed by atoms with E-state index in [-0.39, 0.29) is 24.5 Å². The Hall–Kier alpha value is -3.36. The highest BCUT2D eigenvalue weighted by atomic mass is 19.4. The number of carbonyl (C=O) groups is 1. The molecule has 2 N–H and O–H groups in total. The van der Waals surface area contributed by atoms with Crippen molar-refractivity contribution in [2.75, 3.05) is 5.32 Å². The molecule has 0 aliphatic carbocycles. The summed E-state index contributed by atoms with van der Waals surface area (Å²) in [5, 5.41) is 9.72. The number of pyridine rings is 1. The standard InChI is InChI=1S/C21H20F3N5O/c1-13-4-6-15(7-5-13)16-9-18(21(22,23)24)29-19(27-16)10-17(28-29)20(30)26-12-14-3-2-8-25-11-14/h2-8,10-11,16,18,27H,9,12H2,1H3,(H,26,30). The smallest absolute Gasteiger partial charge is 0.363 e. The predicted molar refractivity (Wildman–Crippen MR) is 105 cm³/mol. The molecule has 0 saturated heterocycles. The number of anilines is 1. The average molecular weight is 415 g/mol. The number of hydrogen-bond acceptors (Lipinski definition) is 4. The van der Waals surface area contributed by atoms with E-state index < -0.39 is 24.2 Å². The Morgan fingerprint density at radius 2 is 2.03 bits per heavy atom. The van der Waals surface area contributed by atoms with Gasteiger partial charge < -0.3 is 10.6 Å². The first kappa shape index (κ1) is 19.9. The van der Waals surface area contributed by atoms with E-state index in [9.17, 15) is 18.0 Å². The number of hydrogen-bond donors (Lipinski definition) is 2. The van der Waals surface area contributed by atoms with Gasteiger partial charge in [0, 0.05) is 31.4 Å². The van der Waals surface area contributed by atoms with Crippen LogP contribution in [0.1, 0.15) is 45.7 Å². The van der Waals surface area contributed by atoms with Crippen molar-refractivity contribution in [3.63, 3.8) is 0 Å². The highest BCUT2D eigenvalue weighted by Crippen LogP contribution is 2.43. The van der Waals surface area contributed by atoms with Crippen molar-refractivity contribution >= 4 is 11.7 Å². The van der Waals surface area contributed by atoms with Crippen LogP contribution in [-0.4, -0.2) is 26.8 Å². The van der Waals surface area contributed by atoms with Gasteiger partial charge in [-0.05, 0) is 24.1 Å². The molecule has 1 aromatic carbocycles. The average Bonchev–Trinajstić information content (AvgIpc) is 3.16. The Morgan fingerprint density at radius 1 is 1.27 bits per heavy atom. The maximum atomic E-state index is 13.8. The van der Waals surface area contributed by atoms with Crippen molar-refractivity contribution in [3.8, 4) is 0 Å². The maximum Gasteiger partial charge on any atom is 0.410 e. The molecule has 1 amide bonds. The van der Waals surface area contributed by atoms with Crippen LogP contribution in [0.2, 0.25) is 0 Å². The van der Waals surface area contributed by atoms with Gasteiger partial charge in [0.05, 0.1) is 6.04 Å². The van der Waals surface area contributed by atoms with Gasteiger partial charge in [-0.1, -0.05) is 35.9 Å². The molecule has 1 aliphatic heterocycles. The molecule has 6 nitrogen and oxygen atoms in total. The Labute approximate surface area is 171 Å². The molecule has 30 heavy (non-hydrogen) atoms. The minimum atomic E-state index is -4.49. The van der Waals surface area contributed by atoms with E-state index in [4.69, 9.17) is 0 Å². The van der Waals surface area contributed by atoms with E-state index in [1.54, 1.807) is 24.5 Å². The lowest BCUT2D eigenvalue weighted by molar-refractivity contribution is -0.173. The third-order valence-electron chi connectivity index (χ3n) is 5.08. The number of aromatic nitrogens is 3. The van der Waals surface area contributed by atoms with E-state index in [1.165, 1.54) is 6.07 Å². The third kappa shape index (κ3) is 4.14. The third-order valence-corrected chi connectivity index (χ3v) is 5.08. The largest absolute Gasteiger partial charge is 0.410 e. The van der Waals surface area contributed by atoms with Crippen LogP contribution in [0.3, 0.4) is 0 Å². The minimum absolute atomic E-state index is 0.0693. The summed E-state index contributed by atoms with van der Waals surface area (Å²) in [6.45, 7) is 2.12. The van der Waals surface area contributed by atoms with Crippen LogP contribution in [0.4, 0.5) is 19.0 Å². The molecule has 2 unspecified atom stereocenters. The lowest BCUT2D eigenvalue weighted by Crippen LogP contribution is -2.35. The SMILES string of the molecule is Cc1ccc(C2CC(C(F)(F)F)n3nc(C(=O)NCc4cccnc4)cc3N2)cc1. The fraction of sp³-hybridized carbons (Fsp3) is 0.286. The molecule has 0 spiro atoms. The summed E-state index contributed by atoms with van der Waals surface area (Å²) < 4.78 is 42.1. The zero-order valence-corrected chi connectivity index (χ0v) is 16.1. The summed E-state index contributed by atoms with van der Waals surface area (Å²) in [4.78, 5) is 16.4. The predicted octanol–water partition coefficient (Wildman–Crippen LogP) is 4.18. The fourth-order valence-corrected chi connectivity index (χ4v) is 3.48. The second-order valence-corrected chi connectivity index (χ2v) is 7.30. The molecule has 3 aromatic rings. The van der Waals surface area contributed by atoms with Crippen molar-refractivity contribution in [3.05, 3.63) is 77.2 Å². The number of fused-ring (bicyclic) bond motifs is 1. The van der Waals surface area contributed by atoms with Gasteiger partial charge >= 0.3 is 6.18 Å². The van der Waals surface area contributed by atoms with Gasteiger partial charge in [-0.2, -0.15) is 18.3 Å². The first-order chi connectivity index (χ1) is 14.3. The molecule has 9 heteroatoms. The summed E-state index contributed by atoms with van der Waals surface area (Å²) in [6, 6.07) is 9.89. The summed E-state index contributed by atoms with van der Waals surface area (Å²) in [6.07, 6.45) is -1.48. The highest BCUT2D eigenvalue weighted by Gasteiger charge is 2.46. The number of rotatable bonds is 4. The van der Waals surface area contributed by atoms with Crippen LogP contribution in [0, 0.1) is 6.92 Å². The van der Waals surface area contributed by atoms with Crippen molar-refractivity contribution < 1.29 is 18.0 Å². The van der Waals surface area contributed by atoms with Gasteiger partial charge in [0.25, 0.3) is 5.91 Å². The molecule has 3 heterocycles. The summed E-state index contributed by atoms with van der Waals surface area (Å²) in [5.41, 5.74) is 2.49. The Kier molecular flexibility index (Phi) is 5.19. The molecule has 0 bridgehead atoms. The monoisotopic (exact) mass is 415 g/mol. The maximum absolute atomic E-state index is 13.8. The van der Waals surface area contributed by atoms with E-state index >= 15 is 0 Å². The van der Waals surface area contributed by atoms with E-state index in [0.29, 0.717) is 0 Å². The van der Waals surface area contributed by atoms with Crippen molar-refractivity contribution in [2.24, 2.45) is 0 Å². The number of nitrogens with one attached hydrogen (secondary N) is 2. The second kappa shape index (κ2) is 7.81. The molecule has 2 aromatic heterocycles. The van der Waals surface area contributed by atoms with E-state index in [1.807, 2.05) is 31.2 Å². The van der Waals surface area contributed by atoms with Gasteiger partial charge in [0.15, 0.2) is 11.7 Å². The Bertz CT molecular complexity index is 1030. The van der Waals surface area contributed by atoms with E-state index in [0.717, 1.165) is 21.4 Å². The first-order valence-electron chi connectivity index (χ1n) is 9.48. The van der Waals surface area contributed by atoms with Gasteiger partial charge in [0.1, 0.15) is 5.82 Å². The molecule has 2 atom stereocenters. The molecule has 156 valence electrons. The van der Waals surface area contributed by atoms with Gasteiger partial charge in [0.2, 0.25) is 0 Å². The van der Waals surface area contributed by atoms with Crippen LogP contribution < -0.4 is 10.6 Å². The molecule has 1 aliphatic rings. The highest BCUT2D eigenvalue weighted by molar-refractivity contribution is 5.93. The number of benzene rings is 1. The first-order valence-corrected chi connectivity index (χ1v) is 9.48. The minimum Gasteiger partial charge on any atom is -0.363 e. The molecule has 0 saturated carbocycles. The topological polar surface area (TPSA) is 71.8 Å². The Morgan fingerprint density at radius 3 is 2.70 bits per heavy atom. The van der Waals surface area contributed by atoms with Crippen LogP contribution in [0.25, 0.3) is 0 Å². The lowest BCUT2D eigenvalue weighted by atomic mass is 9.96. The number of halogens is 3. The van der Waals surface area contributed by atoms with Gasteiger partial charge in [-0.3, -0.25) is 9.78 Å². The molecule has 0 radical (unpaired) electrons. The molecule has 0 fully saturated rings. The molecule has 4 rings (SSSR count). The van der Waals surface area contributed by atoms with Crippen LogP contribution in [0.15, 0.2) is 54.9 Å². The van der Waals surface area contributed by atoms with Crippen LogP contribution in [-0.2, 0) is 6.54 Å². The van der Waals surface area contributed by atoms with Gasteiger partial charge in [-0.15, -0.1) is 0 Å². The molecular formula is C21H20F3N5O. The normalized spacial score (nSPS) is 18.4. The second-order valence-electron chi connectivity index (χ2n) is 7.30. The van der Waals surface area contributed by atoms with Crippen LogP contribution >= 0.6 is 0 Å². The zero-order valence-electron chi connectivity index (χ0n) is 16.1. The Balaban J connectivity index is 1.58. The lowest BCUT2D eigenvalue weighted by Gasteiger charge is -2.33. The van der Waals surface area contributed by atoms with Gasteiger partial charge in [-0.25, -0.2) is 4.68 Å². The quantitative estimate of drug-likeness (QED) is 0.671. The number of aryl methyl sites for hydroxylation is 1. The van der Waals surface area contributed by atoms with Crippen LogP contribution in [0.5, 0.6) is 0 Å². The zero-order chi connectivity index (χ0) is 21.3. The van der Waals surface area contributed by atoms with E-state index in [2.05, 4.69) is 20.7 Å². The fourth-order valence-electron chi connectivity index (χ4n) is 3.48. The van der Waals surface area contributed by atoms with Crippen molar-refractivity contribution in [1.82, 2.24) is 20.1 Å². The van der Waals surface area contributed by atoms with Crippen molar-refractivity contribution in [1.29, 1.82) is 0 Å². The van der Waals surface area contributed by atoms with Crippen molar-refractivity contribution in [2.45, 2.75) is 38.1 Å². The number of alkyl halides is 3. The summed E-state index contributed by atoms with van der Waals surface area (Å²) in [7, 11) is 0. The number of nitrogens with zero attached hydrogens (tertiary/aromatic N) is 3. The molecular weight excluding hydrogens is 395 g/mol. The number of carbonyl (C=O) groups excluding carboxylic acids is 1. The summed E-state index contributed by atoms with van der Waals surface area (Å²) in [5.74, 6) is -0.379.